The van der Waals surface area contributed by atoms with Crippen LogP contribution in [0.5, 0.6) is 0 Å². The van der Waals surface area contributed by atoms with Gasteiger partial charge in [0.2, 0.25) is 5.91 Å². The van der Waals surface area contributed by atoms with Gasteiger partial charge in [0.15, 0.2) is 0 Å². The molecule has 0 aliphatic rings. The molecule has 100 valence electrons. The molecule has 3 heteroatoms. The predicted octanol–water partition coefficient (Wildman–Crippen LogP) is 2.69. The smallest absolute Gasteiger partial charge is 0.237 e. The maximum absolute atomic E-state index is 11.9. The first-order valence-electron chi connectivity index (χ1n) is 6.67. The summed E-state index contributed by atoms with van der Waals surface area (Å²) in [7, 11) is 0. The van der Waals surface area contributed by atoms with Crippen molar-refractivity contribution < 1.29 is 4.79 Å². The number of unbranched alkanes of at least 4 members (excludes halogenated alkanes) is 1. The number of hydrogen-bond donors (Lipinski definition) is 2. The third kappa shape index (κ3) is 4.15. The molecule has 3 nitrogen and oxygen atoms in total. The zero-order valence-corrected chi connectivity index (χ0v) is 11.6. The molecule has 0 aliphatic carbocycles. The second kappa shape index (κ2) is 7.17. The highest BCUT2D eigenvalue weighted by Crippen LogP contribution is 2.16. The van der Waals surface area contributed by atoms with Crippen LogP contribution in [0, 0.1) is 6.92 Å². The lowest BCUT2D eigenvalue weighted by Gasteiger charge is -2.19. The summed E-state index contributed by atoms with van der Waals surface area (Å²) in [6.07, 6.45) is 2.81. The molecule has 0 bridgehead atoms. The molecule has 0 spiro atoms. The van der Waals surface area contributed by atoms with Gasteiger partial charge in [-0.1, -0.05) is 44.0 Å². The minimum absolute atomic E-state index is 0.00590. The molecule has 0 saturated heterocycles. The second-order valence-corrected chi connectivity index (χ2v) is 4.84. The molecule has 0 aliphatic heterocycles. The van der Waals surface area contributed by atoms with E-state index in [1.54, 1.807) is 0 Å². The van der Waals surface area contributed by atoms with Gasteiger partial charge < -0.3 is 11.1 Å². The van der Waals surface area contributed by atoms with Crippen molar-refractivity contribution in [2.24, 2.45) is 5.73 Å². The first-order chi connectivity index (χ1) is 8.56. The van der Waals surface area contributed by atoms with Gasteiger partial charge in [0.1, 0.15) is 0 Å². The van der Waals surface area contributed by atoms with Crippen LogP contribution in [0.25, 0.3) is 0 Å². The summed E-state index contributed by atoms with van der Waals surface area (Å²) in [6.45, 7) is 6.14. The number of aryl methyl sites for hydroxylation is 1. The van der Waals surface area contributed by atoms with Crippen molar-refractivity contribution >= 4 is 5.91 Å². The van der Waals surface area contributed by atoms with E-state index in [0.29, 0.717) is 0 Å². The summed E-state index contributed by atoms with van der Waals surface area (Å²) in [5.74, 6) is -0.0563. The fourth-order valence-corrected chi connectivity index (χ4v) is 2.03. The molecular formula is C15H24N2O. The van der Waals surface area contributed by atoms with Crippen LogP contribution in [0.2, 0.25) is 0 Å². The number of hydrogen-bond acceptors (Lipinski definition) is 2. The Morgan fingerprint density at radius 2 is 2.06 bits per heavy atom. The van der Waals surface area contributed by atoms with Crippen LogP contribution in [0.1, 0.15) is 50.3 Å². The van der Waals surface area contributed by atoms with Gasteiger partial charge in [-0.2, -0.15) is 0 Å². The minimum Gasteiger partial charge on any atom is -0.348 e. The Kier molecular flexibility index (Phi) is 5.86. The van der Waals surface area contributed by atoms with Gasteiger partial charge in [0.25, 0.3) is 0 Å². The van der Waals surface area contributed by atoms with Crippen LogP contribution in [-0.4, -0.2) is 11.9 Å². The molecule has 0 saturated carbocycles. The largest absolute Gasteiger partial charge is 0.348 e. The molecule has 0 radical (unpaired) electrons. The molecule has 2 atom stereocenters. The number of nitrogens with two attached hydrogens (primary N) is 1. The van der Waals surface area contributed by atoms with Gasteiger partial charge in [-0.25, -0.2) is 0 Å². The summed E-state index contributed by atoms with van der Waals surface area (Å²) in [5, 5.41) is 2.98. The lowest BCUT2D eigenvalue weighted by atomic mass is 10.0. The minimum atomic E-state index is -0.392. The molecule has 0 aromatic heterocycles. The van der Waals surface area contributed by atoms with Crippen molar-refractivity contribution in [1.29, 1.82) is 0 Å². The molecule has 1 aromatic carbocycles. The summed E-state index contributed by atoms with van der Waals surface area (Å²) in [4.78, 5) is 11.9. The SMILES string of the molecule is CCCC[C@H](N)C(=O)N[C@H](C)c1ccccc1C. The van der Waals surface area contributed by atoms with Gasteiger partial charge in [-0.3, -0.25) is 4.79 Å². The molecule has 18 heavy (non-hydrogen) atoms. The topological polar surface area (TPSA) is 55.1 Å². The Balaban J connectivity index is 2.57. The van der Waals surface area contributed by atoms with E-state index in [1.165, 1.54) is 5.56 Å². The van der Waals surface area contributed by atoms with Crippen molar-refractivity contribution in [3.8, 4) is 0 Å². The monoisotopic (exact) mass is 248 g/mol. The third-order valence-electron chi connectivity index (χ3n) is 3.22. The maximum atomic E-state index is 11.9. The van der Waals surface area contributed by atoms with Crippen molar-refractivity contribution in [3.05, 3.63) is 35.4 Å². The number of carbonyl (C=O) groups excluding carboxylic acids is 1. The molecule has 0 unspecified atom stereocenters. The van der Waals surface area contributed by atoms with Gasteiger partial charge in [-0.15, -0.1) is 0 Å². The third-order valence-corrected chi connectivity index (χ3v) is 3.22. The summed E-state index contributed by atoms with van der Waals surface area (Å²) in [5.41, 5.74) is 8.19. The molecular weight excluding hydrogens is 224 g/mol. The Morgan fingerprint density at radius 3 is 2.67 bits per heavy atom. The van der Waals surface area contributed by atoms with Crippen molar-refractivity contribution in [3.63, 3.8) is 0 Å². The molecule has 1 rings (SSSR count). The molecule has 1 aromatic rings. The average Bonchev–Trinajstić information content (AvgIpc) is 2.36. The quantitative estimate of drug-likeness (QED) is 0.813. The standard InChI is InChI=1S/C15H24N2O/c1-4-5-10-14(16)15(18)17-12(3)13-9-7-6-8-11(13)2/h6-9,12,14H,4-5,10,16H2,1-3H3,(H,17,18)/t12-,14+/m1/s1. The summed E-state index contributed by atoms with van der Waals surface area (Å²) >= 11 is 0. The number of nitrogens with one attached hydrogen (secondary N) is 1. The highest BCUT2D eigenvalue weighted by molar-refractivity contribution is 5.81. The zero-order valence-electron chi connectivity index (χ0n) is 11.6. The Bertz CT molecular complexity index is 390. The molecule has 3 N–H and O–H groups in total. The van der Waals surface area contributed by atoms with Crippen molar-refractivity contribution in [2.75, 3.05) is 0 Å². The van der Waals surface area contributed by atoms with E-state index >= 15 is 0 Å². The summed E-state index contributed by atoms with van der Waals surface area (Å²) in [6, 6.07) is 7.69. The van der Waals surface area contributed by atoms with Crippen LogP contribution in [0.4, 0.5) is 0 Å². The highest BCUT2D eigenvalue weighted by atomic mass is 16.2. The lowest BCUT2D eigenvalue weighted by molar-refractivity contribution is -0.123. The number of benzene rings is 1. The summed E-state index contributed by atoms with van der Waals surface area (Å²) < 4.78 is 0. The Hall–Kier alpha value is -1.35. The van der Waals surface area contributed by atoms with E-state index in [0.717, 1.165) is 24.8 Å². The fraction of sp³-hybridized carbons (Fsp3) is 0.533. The molecule has 1 amide bonds. The van der Waals surface area contributed by atoms with Crippen molar-refractivity contribution in [2.45, 2.75) is 52.1 Å². The van der Waals surface area contributed by atoms with Crippen molar-refractivity contribution in [1.82, 2.24) is 5.32 Å². The number of rotatable bonds is 6. The number of amides is 1. The first kappa shape index (κ1) is 14.7. The van der Waals surface area contributed by atoms with Crippen LogP contribution in [0.3, 0.4) is 0 Å². The van der Waals surface area contributed by atoms with Gasteiger partial charge >= 0.3 is 0 Å². The van der Waals surface area contributed by atoms with E-state index in [9.17, 15) is 4.79 Å². The highest BCUT2D eigenvalue weighted by Gasteiger charge is 2.16. The van der Waals surface area contributed by atoms with E-state index in [-0.39, 0.29) is 11.9 Å². The van der Waals surface area contributed by atoms with Crippen LogP contribution >= 0.6 is 0 Å². The van der Waals surface area contributed by atoms with E-state index in [2.05, 4.69) is 25.2 Å². The van der Waals surface area contributed by atoms with Gasteiger partial charge in [-0.05, 0) is 31.4 Å². The lowest BCUT2D eigenvalue weighted by Crippen LogP contribution is -2.41. The first-order valence-corrected chi connectivity index (χ1v) is 6.67. The normalized spacial score (nSPS) is 14.0. The second-order valence-electron chi connectivity index (χ2n) is 4.84. The zero-order chi connectivity index (χ0) is 13.5. The van der Waals surface area contributed by atoms with E-state index < -0.39 is 6.04 Å². The predicted molar refractivity (Wildman–Crippen MR) is 75.2 cm³/mol. The van der Waals surface area contributed by atoms with Gasteiger partial charge in [0, 0.05) is 0 Å². The van der Waals surface area contributed by atoms with Crippen LogP contribution in [0.15, 0.2) is 24.3 Å². The van der Waals surface area contributed by atoms with Crippen LogP contribution in [-0.2, 0) is 4.79 Å². The molecule has 0 heterocycles. The van der Waals surface area contributed by atoms with E-state index in [4.69, 9.17) is 5.73 Å². The fourth-order valence-electron chi connectivity index (χ4n) is 2.03. The average molecular weight is 248 g/mol. The van der Waals surface area contributed by atoms with E-state index in [1.807, 2.05) is 25.1 Å². The number of carbonyl (C=O) groups is 1. The van der Waals surface area contributed by atoms with Gasteiger partial charge in [0.05, 0.1) is 12.1 Å². The Morgan fingerprint density at radius 1 is 1.39 bits per heavy atom. The Labute approximate surface area is 110 Å². The molecule has 0 fully saturated rings. The maximum Gasteiger partial charge on any atom is 0.237 e. The van der Waals surface area contributed by atoms with Crippen LogP contribution < -0.4 is 11.1 Å².